The van der Waals surface area contributed by atoms with Crippen LogP contribution in [0.25, 0.3) is 0 Å². The second-order valence-electron chi connectivity index (χ2n) is 5.66. The van der Waals surface area contributed by atoms with Gasteiger partial charge in [-0.15, -0.1) is 0 Å². The lowest BCUT2D eigenvalue weighted by Gasteiger charge is -2.23. The van der Waals surface area contributed by atoms with Crippen LogP contribution in [0.1, 0.15) is 31.9 Å². The number of aliphatic hydroxyl groups is 1. The highest BCUT2D eigenvalue weighted by Crippen LogP contribution is 2.32. The summed E-state index contributed by atoms with van der Waals surface area (Å²) in [4.78, 5) is 13.9. The summed E-state index contributed by atoms with van der Waals surface area (Å²) < 4.78 is 13.6. The Morgan fingerprint density at radius 3 is 2.73 bits per heavy atom. The lowest BCUT2D eigenvalue weighted by Crippen LogP contribution is -2.40. The summed E-state index contributed by atoms with van der Waals surface area (Å²) in [6.07, 6.45) is 0.323. The number of benzene rings is 1. The molecular weight excluding hydrogens is 330 g/mol. The summed E-state index contributed by atoms with van der Waals surface area (Å²) in [5.74, 6) is -0.486. The smallest absolute Gasteiger partial charge is 0.317 e. The summed E-state index contributed by atoms with van der Waals surface area (Å²) in [7, 11) is 0. The summed E-state index contributed by atoms with van der Waals surface area (Å²) in [5, 5.41) is 12.6. The first-order valence-corrected chi connectivity index (χ1v) is 7.93. The Morgan fingerprint density at radius 2 is 2.14 bits per heavy atom. The van der Waals surface area contributed by atoms with Crippen molar-refractivity contribution in [3.63, 3.8) is 0 Å². The van der Waals surface area contributed by atoms with Crippen molar-refractivity contribution in [2.24, 2.45) is 5.92 Å². The van der Waals surface area contributed by atoms with E-state index in [0.717, 1.165) is 6.42 Å². The van der Waals surface area contributed by atoms with E-state index in [9.17, 15) is 14.3 Å². The molecular formula is C15H19Cl2FN2O2. The van der Waals surface area contributed by atoms with Crippen LogP contribution in [0.4, 0.5) is 9.18 Å². The van der Waals surface area contributed by atoms with Gasteiger partial charge in [0.25, 0.3) is 0 Å². The van der Waals surface area contributed by atoms with Gasteiger partial charge in [0.1, 0.15) is 5.82 Å². The minimum atomic E-state index is -0.572. The summed E-state index contributed by atoms with van der Waals surface area (Å²) in [5.41, 5.74) is 0.364. The third-order valence-electron chi connectivity index (χ3n) is 4.05. The molecule has 0 radical (unpaired) electrons. The third kappa shape index (κ3) is 3.65. The number of halogens is 3. The van der Waals surface area contributed by atoms with Crippen molar-refractivity contribution >= 4 is 29.2 Å². The Bertz CT molecular complexity index is 569. The van der Waals surface area contributed by atoms with Crippen molar-refractivity contribution in [2.75, 3.05) is 13.1 Å². The maximum absolute atomic E-state index is 13.6. The number of hydrogen-bond donors (Lipinski definition) is 2. The summed E-state index contributed by atoms with van der Waals surface area (Å²) >= 11 is 12.0. The Kier molecular flexibility index (Phi) is 5.53. The number of likely N-dealkylation sites (tertiary alicyclic amines) is 1. The van der Waals surface area contributed by atoms with E-state index >= 15 is 0 Å². The average Bonchev–Trinajstić information content (AvgIpc) is 2.93. The Labute approximate surface area is 139 Å². The number of aliphatic hydroxyl groups excluding tert-OH is 1. The van der Waals surface area contributed by atoms with Crippen molar-refractivity contribution in [3.8, 4) is 0 Å². The fraction of sp³-hybridized carbons (Fsp3) is 0.533. The van der Waals surface area contributed by atoms with Crippen molar-refractivity contribution in [2.45, 2.75) is 32.4 Å². The highest BCUT2D eigenvalue weighted by molar-refractivity contribution is 6.36. The molecule has 2 amide bonds. The second-order valence-corrected chi connectivity index (χ2v) is 6.45. The molecule has 1 fully saturated rings. The lowest BCUT2D eigenvalue weighted by atomic mass is 10.0. The van der Waals surface area contributed by atoms with E-state index in [1.54, 1.807) is 18.7 Å². The van der Waals surface area contributed by atoms with Gasteiger partial charge in [0.05, 0.1) is 17.2 Å². The standard InChI is InChI=1S/C15H19Cl2FN2O2/c1-8(13-11(16)3-4-12(18)14(13)17)19-15(22)20-6-5-10(7-20)9(2)21/h3-4,8-10,21H,5-7H2,1-2H3,(H,19,22)/t8-,9+,10-/m0/s1. The Balaban J connectivity index is 2.05. The van der Waals surface area contributed by atoms with Gasteiger partial charge in [0.15, 0.2) is 0 Å². The monoisotopic (exact) mass is 348 g/mol. The van der Waals surface area contributed by atoms with Crippen LogP contribution in [-0.2, 0) is 0 Å². The van der Waals surface area contributed by atoms with E-state index in [4.69, 9.17) is 23.2 Å². The van der Waals surface area contributed by atoms with Gasteiger partial charge in [-0.2, -0.15) is 0 Å². The summed E-state index contributed by atoms with van der Waals surface area (Å²) in [6.45, 7) is 4.51. The molecule has 7 heteroatoms. The van der Waals surface area contributed by atoms with Crippen LogP contribution in [0.15, 0.2) is 12.1 Å². The molecule has 0 spiro atoms. The second kappa shape index (κ2) is 7.02. The molecule has 2 rings (SSSR count). The molecule has 0 saturated carbocycles. The van der Waals surface area contributed by atoms with Gasteiger partial charge in [-0.1, -0.05) is 23.2 Å². The lowest BCUT2D eigenvalue weighted by molar-refractivity contribution is 0.129. The molecule has 1 aliphatic heterocycles. The number of rotatable bonds is 3. The zero-order valence-electron chi connectivity index (χ0n) is 12.4. The van der Waals surface area contributed by atoms with E-state index in [2.05, 4.69) is 5.32 Å². The Hall–Kier alpha value is -1.04. The van der Waals surface area contributed by atoms with Crippen molar-refractivity contribution in [1.29, 1.82) is 0 Å². The molecule has 1 aliphatic rings. The first kappa shape index (κ1) is 17.3. The predicted molar refractivity (Wildman–Crippen MR) is 84.7 cm³/mol. The number of urea groups is 1. The minimum Gasteiger partial charge on any atom is -0.393 e. The SMILES string of the molecule is C[C@H](NC(=O)N1CC[C@H]([C@@H](C)O)C1)c1c(Cl)ccc(F)c1Cl. The molecule has 1 saturated heterocycles. The molecule has 0 aliphatic carbocycles. The van der Waals surface area contributed by atoms with Crippen molar-refractivity contribution in [3.05, 3.63) is 33.6 Å². The van der Waals surface area contributed by atoms with Crippen LogP contribution in [0.5, 0.6) is 0 Å². The number of nitrogens with one attached hydrogen (secondary N) is 1. The number of carbonyl (C=O) groups is 1. The van der Waals surface area contributed by atoms with E-state index < -0.39 is 18.0 Å². The highest BCUT2D eigenvalue weighted by atomic mass is 35.5. The molecule has 4 nitrogen and oxygen atoms in total. The number of amides is 2. The third-order valence-corrected chi connectivity index (χ3v) is 4.76. The zero-order valence-corrected chi connectivity index (χ0v) is 14.0. The van der Waals surface area contributed by atoms with Gasteiger partial charge in [-0.25, -0.2) is 9.18 Å². The molecule has 0 unspecified atom stereocenters. The molecule has 1 aromatic carbocycles. The molecule has 1 heterocycles. The maximum Gasteiger partial charge on any atom is 0.317 e. The topological polar surface area (TPSA) is 52.6 Å². The highest BCUT2D eigenvalue weighted by Gasteiger charge is 2.30. The van der Waals surface area contributed by atoms with E-state index in [1.165, 1.54) is 12.1 Å². The van der Waals surface area contributed by atoms with Crippen LogP contribution in [0.2, 0.25) is 10.0 Å². The predicted octanol–water partition coefficient (Wildman–Crippen LogP) is 3.61. The molecule has 1 aromatic rings. The largest absolute Gasteiger partial charge is 0.393 e. The number of hydrogen-bond acceptors (Lipinski definition) is 2. The maximum atomic E-state index is 13.6. The fourth-order valence-electron chi connectivity index (χ4n) is 2.65. The fourth-order valence-corrected chi connectivity index (χ4v) is 3.35. The van der Waals surface area contributed by atoms with Gasteiger partial charge in [0.2, 0.25) is 0 Å². The van der Waals surface area contributed by atoms with Gasteiger partial charge < -0.3 is 15.3 Å². The molecule has 22 heavy (non-hydrogen) atoms. The van der Waals surface area contributed by atoms with Crippen molar-refractivity contribution in [1.82, 2.24) is 10.2 Å². The van der Waals surface area contributed by atoms with Crippen molar-refractivity contribution < 1.29 is 14.3 Å². The van der Waals surface area contributed by atoms with Crippen LogP contribution in [0.3, 0.4) is 0 Å². The van der Waals surface area contributed by atoms with E-state index in [1.807, 2.05) is 0 Å². The first-order valence-electron chi connectivity index (χ1n) is 7.18. The summed E-state index contributed by atoms with van der Waals surface area (Å²) in [6, 6.07) is 1.82. The quantitative estimate of drug-likeness (QED) is 0.820. The molecule has 0 aromatic heterocycles. The Morgan fingerprint density at radius 1 is 1.45 bits per heavy atom. The number of carbonyl (C=O) groups excluding carboxylic acids is 1. The number of nitrogens with zero attached hydrogens (tertiary/aromatic N) is 1. The normalized spacial score (nSPS) is 20.8. The van der Waals surface area contributed by atoms with E-state index in [0.29, 0.717) is 23.7 Å². The van der Waals surface area contributed by atoms with Gasteiger partial charge >= 0.3 is 6.03 Å². The van der Waals surface area contributed by atoms with Crippen LogP contribution in [0, 0.1) is 11.7 Å². The zero-order chi connectivity index (χ0) is 16.4. The first-order chi connectivity index (χ1) is 10.3. The van der Waals surface area contributed by atoms with Gasteiger partial charge in [-0.05, 0) is 32.4 Å². The van der Waals surface area contributed by atoms with Crippen LogP contribution in [-0.4, -0.2) is 35.2 Å². The minimum absolute atomic E-state index is 0.0800. The molecule has 2 N–H and O–H groups in total. The van der Waals surface area contributed by atoms with Gasteiger partial charge in [-0.3, -0.25) is 0 Å². The van der Waals surface area contributed by atoms with Crippen LogP contribution < -0.4 is 5.32 Å². The molecule has 0 bridgehead atoms. The van der Waals surface area contributed by atoms with Crippen LogP contribution >= 0.6 is 23.2 Å². The van der Waals surface area contributed by atoms with E-state index in [-0.39, 0.29) is 17.0 Å². The molecule has 122 valence electrons. The molecule has 3 atom stereocenters. The van der Waals surface area contributed by atoms with Gasteiger partial charge in [0, 0.05) is 29.6 Å². The average molecular weight is 349 g/mol.